The molecule has 8 atom stereocenters. The number of aliphatic hydroxyl groups is 1. The Morgan fingerprint density at radius 3 is 2.44 bits per heavy atom. The van der Waals surface area contributed by atoms with Crippen LogP contribution in [0.15, 0.2) is 98.1 Å². The number of hydrogen-bond donors (Lipinski definition) is 1. The summed E-state index contributed by atoms with van der Waals surface area (Å²) in [5.74, 6) is -3.26. The lowest BCUT2D eigenvalue weighted by molar-refractivity contribution is -0.164. The zero-order valence-corrected chi connectivity index (χ0v) is 33.3. The monoisotopic (exact) mass is 813 g/mol. The van der Waals surface area contributed by atoms with E-state index in [1.54, 1.807) is 33.9 Å². The van der Waals surface area contributed by atoms with E-state index >= 15 is 4.79 Å². The van der Waals surface area contributed by atoms with E-state index in [-0.39, 0.29) is 42.1 Å². The number of fused-ring (bicyclic) bond motifs is 2. The highest BCUT2D eigenvalue weighted by molar-refractivity contribution is 9.09. The lowest BCUT2D eigenvalue weighted by Crippen LogP contribution is -2.57. The summed E-state index contributed by atoms with van der Waals surface area (Å²) >= 11 is 3.79. The van der Waals surface area contributed by atoms with Crippen LogP contribution in [0.5, 0.6) is 0 Å². The molecule has 3 amide bonds. The average molecular weight is 815 g/mol. The largest absolute Gasteiger partial charge is 0.455 e. The minimum Gasteiger partial charge on any atom is -0.455 e. The first kappa shape index (κ1) is 40.3. The molecule has 0 aromatic heterocycles. The number of ether oxygens (including phenoxy) is 2. The fraction of sp³-hybridized carbons (Fsp3) is 0.455. The van der Waals surface area contributed by atoms with Crippen molar-refractivity contribution in [1.82, 2.24) is 9.80 Å². The van der Waals surface area contributed by atoms with Crippen LogP contribution in [0.2, 0.25) is 0 Å². The van der Waals surface area contributed by atoms with Gasteiger partial charge in [-0.05, 0) is 61.1 Å². The number of hydrogen-bond acceptors (Lipinski definition) is 7. The van der Waals surface area contributed by atoms with E-state index in [2.05, 4.69) is 29.1 Å². The van der Waals surface area contributed by atoms with Crippen LogP contribution in [-0.2, 0) is 28.7 Å². The molecular formula is C44H52BrN3O7. The Bertz CT molecular complexity index is 1890. The fourth-order valence-corrected chi connectivity index (χ4v) is 9.68. The summed E-state index contributed by atoms with van der Waals surface area (Å²) < 4.78 is 13.2. The molecule has 2 bridgehead atoms. The van der Waals surface area contributed by atoms with Crippen molar-refractivity contribution in [2.75, 3.05) is 31.6 Å². The molecule has 1 unspecified atom stereocenters. The number of likely N-dealkylation sites (tertiary alicyclic amines) is 1. The standard InChI is InChI=1S/C44H52BrN3O7/c1-5-7-21-35(50)46(4)29(3)38(31-18-11-10-12-19-31)54-43(53)36-37-41(51)48(25-15-8-9-16-26-49)40(44(37)28-34(45)39(36)55-44)42(52)47(24-6-2)33-23-22-30-17-13-14-20-32(30)27-33/h5-6,10-14,17-20,22-23,27,29,34,36-40,49H,1-2,7-9,15-16,21,24-26,28H2,3-4H3/t29-,34?,36-,37+,38+,39-,40-,44+/m1/s1. The van der Waals surface area contributed by atoms with Gasteiger partial charge in [0, 0.05) is 43.7 Å². The summed E-state index contributed by atoms with van der Waals surface area (Å²) in [6.07, 6.45) is 5.78. The number of amides is 3. The second-order valence-electron chi connectivity index (χ2n) is 14.9. The lowest BCUT2D eigenvalue weighted by atomic mass is 9.70. The van der Waals surface area contributed by atoms with Gasteiger partial charge in [-0.1, -0.05) is 102 Å². The third-order valence-electron chi connectivity index (χ3n) is 11.6. The smallest absolute Gasteiger partial charge is 0.313 e. The molecule has 1 spiro atoms. The number of allylic oxidation sites excluding steroid dienone is 1. The molecule has 6 rings (SSSR count). The zero-order chi connectivity index (χ0) is 39.3. The molecule has 3 heterocycles. The SMILES string of the molecule is C=CCCC(=O)N(C)[C@H](C)[C@H](OC(=O)[C@H]1[C@@H]2O[C@@]3(CC2Br)[C@@H]1C(=O)N(CCCCCCO)[C@@H]3C(=O)N(CC=C)c1ccc2ccccc2c1)c1ccccc1. The zero-order valence-electron chi connectivity index (χ0n) is 31.7. The number of aliphatic hydroxyl groups excluding tert-OH is 1. The maximum Gasteiger partial charge on any atom is 0.313 e. The van der Waals surface area contributed by atoms with Gasteiger partial charge in [0.1, 0.15) is 17.7 Å². The van der Waals surface area contributed by atoms with Crippen LogP contribution < -0.4 is 4.90 Å². The molecule has 11 heteroatoms. The van der Waals surface area contributed by atoms with Gasteiger partial charge in [0.15, 0.2) is 0 Å². The summed E-state index contributed by atoms with van der Waals surface area (Å²) in [5.41, 5.74) is 0.0967. The molecule has 3 aliphatic rings. The third-order valence-corrected chi connectivity index (χ3v) is 12.4. The Balaban J connectivity index is 1.35. The molecule has 55 heavy (non-hydrogen) atoms. The van der Waals surface area contributed by atoms with Crippen LogP contribution in [0.1, 0.15) is 63.5 Å². The van der Waals surface area contributed by atoms with Crippen molar-refractivity contribution in [3.8, 4) is 0 Å². The first-order valence-electron chi connectivity index (χ1n) is 19.3. The lowest BCUT2D eigenvalue weighted by Gasteiger charge is -2.37. The number of carbonyl (C=O) groups is 4. The second kappa shape index (κ2) is 17.6. The van der Waals surface area contributed by atoms with Gasteiger partial charge in [0.25, 0.3) is 5.91 Å². The summed E-state index contributed by atoms with van der Waals surface area (Å²) in [6.45, 7) is 10.1. The summed E-state index contributed by atoms with van der Waals surface area (Å²) in [5, 5.41) is 11.4. The minimum absolute atomic E-state index is 0.0875. The Morgan fingerprint density at radius 2 is 1.73 bits per heavy atom. The number of benzene rings is 3. The van der Waals surface area contributed by atoms with E-state index in [1.807, 2.05) is 79.7 Å². The highest BCUT2D eigenvalue weighted by atomic mass is 79.9. The predicted molar refractivity (Wildman–Crippen MR) is 216 cm³/mol. The summed E-state index contributed by atoms with van der Waals surface area (Å²) in [4.78, 5) is 62.3. The number of unbranched alkanes of at least 4 members (excludes halogenated alkanes) is 3. The van der Waals surface area contributed by atoms with Gasteiger partial charge >= 0.3 is 5.97 Å². The first-order valence-corrected chi connectivity index (χ1v) is 20.3. The van der Waals surface area contributed by atoms with E-state index in [4.69, 9.17) is 9.47 Å². The Hall–Kier alpha value is -4.32. The molecular weight excluding hydrogens is 762 g/mol. The number of likely N-dealkylation sites (N-methyl/N-ethyl adjacent to an activating group) is 1. The summed E-state index contributed by atoms with van der Waals surface area (Å²) in [6, 6.07) is 21.5. The normalized spacial score (nSPS) is 25.0. The van der Waals surface area contributed by atoms with E-state index in [0.717, 1.165) is 23.6 Å². The fourth-order valence-electron chi connectivity index (χ4n) is 8.73. The van der Waals surface area contributed by atoms with E-state index < -0.39 is 47.7 Å². The van der Waals surface area contributed by atoms with Crippen molar-refractivity contribution in [1.29, 1.82) is 0 Å². The molecule has 3 saturated heterocycles. The van der Waals surface area contributed by atoms with Gasteiger partial charge in [0.2, 0.25) is 11.8 Å². The molecule has 3 fully saturated rings. The molecule has 3 aliphatic heterocycles. The number of alkyl halides is 1. The summed E-state index contributed by atoms with van der Waals surface area (Å²) in [7, 11) is 1.70. The molecule has 0 aliphatic carbocycles. The minimum atomic E-state index is -1.29. The van der Waals surface area contributed by atoms with E-state index in [0.29, 0.717) is 43.5 Å². The van der Waals surface area contributed by atoms with Gasteiger partial charge in [-0.25, -0.2) is 0 Å². The van der Waals surface area contributed by atoms with Crippen LogP contribution in [0.25, 0.3) is 10.8 Å². The molecule has 0 saturated carbocycles. The predicted octanol–water partition coefficient (Wildman–Crippen LogP) is 6.76. The number of esters is 1. The maximum absolute atomic E-state index is 15.1. The van der Waals surface area contributed by atoms with Crippen molar-refractivity contribution in [2.45, 2.75) is 86.6 Å². The maximum atomic E-state index is 15.1. The quantitative estimate of drug-likeness (QED) is 0.0654. The van der Waals surface area contributed by atoms with Crippen molar-refractivity contribution in [2.24, 2.45) is 11.8 Å². The van der Waals surface area contributed by atoms with Gasteiger partial charge in [-0.15, -0.1) is 13.2 Å². The molecule has 3 aromatic carbocycles. The van der Waals surface area contributed by atoms with Crippen molar-refractivity contribution < 1.29 is 33.8 Å². The molecule has 10 nitrogen and oxygen atoms in total. The van der Waals surface area contributed by atoms with Crippen molar-refractivity contribution in [3.05, 3.63) is 104 Å². The Morgan fingerprint density at radius 1 is 1.02 bits per heavy atom. The van der Waals surface area contributed by atoms with Crippen LogP contribution in [0.3, 0.4) is 0 Å². The van der Waals surface area contributed by atoms with Gasteiger partial charge < -0.3 is 29.3 Å². The van der Waals surface area contributed by atoms with E-state index in [1.165, 1.54) is 0 Å². The molecule has 292 valence electrons. The number of rotatable bonds is 18. The third kappa shape index (κ3) is 7.89. The van der Waals surface area contributed by atoms with E-state index in [9.17, 15) is 19.5 Å². The van der Waals surface area contributed by atoms with Gasteiger partial charge in [-0.2, -0.15) is 0 Å². The van der Waals surface area contributed by atoms with Crippen molar-refractivity contribution in [3.63, 3.8) is 0 Å². The van der Waals surface area contributed by atoms with Crippen molar-refractivity contribution >= 4 is 56.1 Å². The molecule has 1 N–H and O–H groups in total. The molecule has 0 radical (unpaired) electrons. The van der Waals surface area contributed by atoms with Gasteiger partial charge in [-0.3, -0.25) is 19.2 Å². The van der Waals surface area contributed by atoms with Crippen LogP contribution in [-0.4, -0.2) is 94.0 Å². The second-order valence-corrected chi connectivity index (χ2v) is 16.1. The Kier molecular flexibility index (Phi) is 12.9. The number of nitrogens with zero attached hydrogens (tertiary/aromatic N) is 3. The van der Waals surface area contributed by atoms with Gasteiger partial charge in [0.05, 0.1) is 24.0 Å². The number of halogens is 1. The first-order chi connectivity index (χ1) is 26.6. The van der Waals surface area contributed by atoms with Crippen LogP contribution >= 0.6 is 15.9 Å². The topological polar surface area (TPSA) is 117 Å². The Labute approximate surface area is 332 Å². The highest BCUT2D eigenvalue weighted by Crippen LogP contribution is 2.60. The molecule has 3 aromatic rings. The number of carbonyl (C=O) groups excluding carboxylic acids is 4. The van der Waals surface area contributed by atoms with Crippen LogP contribution in [0, 0.1) is 11.8 Å². The van der Waals surface area contributed by atoms with Crippen LogP contribution in [0.4, 0.5) is 5.69 Å². The number of anilines is 1. The average Bonchev–Trinajstić information content (AvgIpc) is 3.80. The highest BCUT2D eigenvalue weighted by Gasteiger charge is 2.77.